The van der Waals surface area contributed by atoms with Crippen molar-refractivity contribution < 1.29 is 18.4 Å². The summed E-state index contributed by atoms with van der Waals surface area (Å²) < 4.78 is 30.2. The van der Waals surface area contributed by atoms with E-state index in [1.807, 2.05) is 38.8 Å². The molecular weight excluding hydrogens is 578 g/mol. The minimum atomic E-state index is -0.895. The van der Waals surface area contributed by atoms with Crippen molar-refractivity contribution in [2.24, 2.45) is 0 Å². The molecule has 3 amide bonds. The Hall–Kier alpha value is -4.16. The highest BCUT2D eigenvalue weighted by molar-refractivity contribution is 6.02. The largest absolute Gasteiger partial charge is 0.350 e. The first-order valence-electron chi connectivity index (χ1n) is 15.3. The van der Waals surface area contributed by atoms with E-state index in [0.717, 1.165) is 55.1 Å². The van der Waals surface area contributed by atoms with Crippen molar-refractivity contribution in [1.82, 2.24) is 30.4 Å². The number of para-hydroxylation sites is 1. The minimum absolute atomic E-state index is 0.0413. The molecule has 2 aromatic carbocycles. The summed E-state index contributed by atoms with van der Waals surface area (Å²) in [6.07, 6.45) is 1.88. The van der Waals surface area contributed by atoms with Crippen LogP contribution in [0.4, 0.5) is 31.0 Å². The number of amides is 3. The van der Waals surface area contributed by atoms with Crippen LogP contribution in [0.5, 0.6) is 0 Å². The number of hydrogen-bond acceptors (Lipinski definition) is 7. The van der Waals surface area contributed by atoms with Crippen LogP contribution in [0.1, 0.15) is 48.2 Å². The van der Waals surface area contributed by atoms with Crippen molar-refractivity contribution in [3.05, 3.63) is 64.7 Å². The van der Waals surface area contributed by atoms with Gasteiger partial charge in [0.05, 0.1) is 12.2 Å². The highest BCUT2D eigenvalue weighted by atomic mass is 19.1. The lowest BCUT2D eigenvalue weighted by Crippen LogP contribution is -2.43. The fourth-order valence-electron chi connectivity index (χ4n) is 5.26. The molecule has 242 valence electrons. The van der Waals surface area contributed by atoms with Crippen molar-refractivity contribution in [2.75, 3.05) is 64.2 Å². The fraction of sp³-hybridized carbons (Fsp3) is 0.455. The number of anilines is 3. The van der Waals surface area contributed by atoms with E-state index in [1.54, 1.807) is 12.1 Å². The monoisotopic (exact) mass is 622 g/mol. The molecule has 10 nitrogen and oxygen atoms in total. The highest BCUT2D eigenvalue weighted by Crippen LogP contribution is 2.39. The summed E-state index contributed by atoms with van der Waals surface area (Å²) in [7, 11) is 8.07. The van der Waals surface area contributed by atoms with Gasteiger partial charge in [0.25, 0.3) is 5.91 Å². The number of aromatic nitrogens is 2. The van der Waals surface area contributed by atoms with Gasteiger partial charge >= 0.3 is 6.03 Å². The van der Waals surface area contributed by atoms with Gasteiger partial charge in [0.1, 0.15) is 17.3 Å². The predicted octanol–water partition coefficient (Wildman–Crippen LogP) is 4.94. The zero-order valence-electron chi connectivity index (χ0n) is 27.2. The van der Waals surface area contributed by atoms with Crippen LogP contribution in [-0.2, 0) is 6.54 Å². The summed E-state index contributed by atoms with van der Waals surface area (Å²) in [6, 6.07) is 8.03. The van der Waals surface area contributed by atoms with Crippen LogP contribution in [0.3, 0.4) is 0 Å². The molecule has 12 heteroatoms. The van der Waals surface area contributed by atoms with E-state index < -0.39 is 23.4 Å². The second-order valence-corrected chi connectivity index (χ2v) is 12.1. The van der Waals surface area contributed by atoms with Crippen LogP contribution in [0.15, 0.2) is 36.4 Å². The van der Waals surface area contributed by atoms with E-state index in [9.17, 15) is 9.59 Å². The summed E-state index contributed by atoms with van der Waals surface area (Å²) in [5, 5.41) is 5.64. The molecule has 1 aliphatic rings. The van der Waals surface area contributed by atoms with E-state index in [4.69, 9.17) is 9.97 Å². The van der Waals surface area contributed by atoms with Crippen molar-refractivity contribution >= 4 is 29.4 Å². The van der Waals surface area contributed by atoms with Gasteiger partial charge in [-0.15, -0.1) is 0 Å². The average Bonchev–Trinajstić information content (AvgIpc) is 2.97. The van der Waals surface area contributed by atoms with Gasteiger partial charge in [-0.3, -0.25) is 4.79 Å². The van der Waals surface area contributed by atoms with Gasteiger partial charge in [-0.2, -0.15) is 4.98 Å². The van der Waals surface area contributed by atoms with E-state index in [0.29, 0.717) is 34.9 Å². The Morgan fingerprint density at radius 1 is 1.00 bits per heavy atom. The topological polar surface area (TPSA) is 96.9 Å². The van der Waals surface area contributed by atoms with Crippen molar-refractivity contribution in [2.45, 2.75) is 46.2 Å². The number of urea groups is 1. The Kier molecular flexibility index (Phi) is 11.1. The van der Waals surface area contributed by atoms with E-state index >= 15 is 8.78 Å². The van der Waals surface area contributed by atoms with E-state index in [2.05, 4.69) is 41.6 Å². The van der Waals surface area contributed by atoms with Crippen LogP contribution in [0.2, 0.25) is 0 Å². The minimum Gasteiger partial charge on any atom is -0.350 e. The van der Waals surface area contributed by atoms with Gasteiger partial charge in [-0.1, -0.05) is 12.1 Å². The third kappa shape index (κ3) is 8.12. The molecule has 0 spiro atoms. The number of nitrogens with one attached hydrogen (secondary N) is 2. The highest BCUT2D eigenvalue weighted by Gasteiger charge is 2.34. The third-order valence-electron chi connectivity index (χ3n) is 7.66. The fourth-order valence-corrected chi connectivity index (χ4v) is 5.26. The molecular formula is C33H44F2N8O2. The number of carbonyl (C=O) groups excluding carboxylic acids is 2. The zero-order valence-corrected chi connectivity index (χ0v) is 27.2. The Labute approximate surface area is 264 Å². The van der Waals surface area contributed by atoms with Crippen molar-refractivity contribution in [3.63, 3.8) is 0 Å². The lowest BCUT2D eigenvalue weighted by atomic mass is 9.97. The Bertz CT molecular complexity index is 1510. The molecule has 4 rings (SSSR count). The summed E-state index contributed by atoms with van der Waals surface area (Å²) in [6.45, 7) is 9.16. The normalized spacial score (nSPS) is 13.0. The van der Waals surface area contributed by atoms with Gasteiger partial charge in [0.2, 0.25) is 5.95 Å². The quantitative estimate of drug-likeness (QED) is 0.279. The van der Waals surface area contributed by atoms with Gasteiger partial charge in [-0.05, 0) is 104 Å². The molecule has 0 atom stereocenters. The molecule has 0 fully saturated rings. The summed E-state index contributed by atoms with van der Waals surface area (Å²) >= 11 is 0. The number of carbonyl (C=O) groups is 2. The van der Waals surface area contributed by atoms with Crippen molar-refractivity contribution in [1.29, 1.82) is 0 Å². The molecule has 1 aromatic heterocycles. The van der Waals surface area contributed by atoms with Gasteiger partial charge in [0.15, 0.2) is 5.82 Å². The molecule has 0 radical (unpaired) electrons. The predicted molar refractivity (Wildman–Crippen MR) is 174 cm³/mol. The lowest BCUT2D eigenvalue weighted by Gasteiger charge is -2.32. The van der Waals surface area contributed by atoms with Crippen LogP contribution in [0, 0.1) is 18.6 Å². The maximum Gasteiger partial charge on any atom is 0.328 e. The average molecular weight is 623 g/mol. The number of aryl methyl sites for hydroxylation is 1. The maximum absolute atomic E-state index is 15.1. The summed E-state index contributed by atoms with van der Waals surface area (Å²) in [4.78, 5) is 43.1. The summed E-state index contributed by atoms with van der Waals surface area (Å²) in [5.74, 6) is -1.63. The number of fused-ring (bicyclic) bond motifs is 1. The SMILES string of the molecule is Cc1ccc(C(=O)NC(C)C)cc1-c1nc(N(C)CCCN(C)CCCN(C)C)nc2c1CNC(=O)N2c1c(F)cccc1F. The molecule has 2 heterocycles. The molecule has 2 N–H and O–H groups in total. The van der Waals surface area contributed by atoms with E-state index in [-0.39, 0.29) is 24.3 Å². The standard InChI is InChI=1S/C33H44F2N8O2/c1-21(2)37-31(44)23-14-13-22(3)24(19-23)28-25-20-36-33(45)43(29-26(34)11-8-12-27(29)35)30(25)39-32(38-28)42(7)18-10-17-41(6)16-9-15-40(4)5/h8,11-14,19,21H,9-10,15-18,20H2,1-7H3,(H,36,45)(H,37,44). The molecule has 0 saturated heterocycles. The second kappa shape index (κ2) is 14.7. The van der Waals surface area contributed by atoms with E-state index in [1.165, 1.54) is 6.07 Å². The zero-order chi connectivity index (χ0) is 32.8. The summed E-state index contributed by atoms with van der Waals surface area (Å²) in [5.41, 5.74) is 2.38. The number of benzene rings is 2. The number of halogens is 2. The first-order valence-corrected chi connectivity index (χ1v) is 15.3. The molecule has 45 heavy (non-hydrogen) atoms. The Morgan fingerprint density at radius 3 is 2.31 bits per heavy atom. The smallest absolute Gasteiger partial charge is 0.328 e. The van der Waals surface area contributed by atoms with Crippen molar-refractivity contribution in [3.8, 4) is 11.3 Å². The first kappa shape index (κ1) is 33.7. The number of hydrogen-bond donors (Lipinski definition) is 2. The second-order valence-electron chi connectivity index (χ2n) is 12.1. The lowest BCUT2D eigenvalue weighted by molar-refractivity contribution is 0.0943. The van der Waals surface area contributed by atoms with Crippen LogP contribution >= 0.6 is 0 Å². The number of nitrogens with zero attached hydrogens (tertiary/aromatic N) is 6. The first-order chi connectivity index (χ1) is 21.4. The van der Waals surface area contributed by atoms with Crippen LogP contribution in [-0.4, -0.2) is 92.1 Å². The molecule has 0 saturated carbocycles. The molecule has 3 aromatic rings. The van der Waals surface area contributed by atoms with Gasteiger partial charge < -0.3 is 25.3 Å². The molecule has 1 aliphatic heterocycles. The van der Waals surface area contributed by atoms with Crippen LogP contribution < -0.4 is 20.4 Å². The molecule has 0 unspecified atom stereocenters. The maximum atomic E-state index is 15.1. The molecule has 0 aliphatic carbocycles. The Morgan fingerprint density at radius 2 is 1.67 bits per heavy atom. The van der Waals surface area contributed by atoms with Gasteiger partial charge in [0, 0.05) is 36.3 Å². The Balaban J connectivity index is 1.77. The molecule has 0 bridgehead atoms. The van der Waals surface area contributed by atoms with Gasteiger partial charge in [-0.25, -0.2) is 23.5 Å². The third-order valence-corrected chi connectivity index (χ3v) is 7.66. The van der Waals surface area contributed by atoms with Crippen LogP contribution in [0.25, 0.3) is 11.3 Å². The number of rotatable bonds is 13.